The molecule has 0 spiro atoms. The molecule has 0 bridgehead atoms. The van der Waals surface area contributed by atoms with Crippen LogP contribution >= 0.6 is 0 Å². The van der Waals surface area contributed by atoms with Gasteiger partial charge in [-0.15, -0.1) is 0 Å². The van der Waals surface area contributed by atoms with Gasteiger partial charge in [0.15, 0.2) is 5.82 Å². The van der Waals surface area contributed by atoms with E-state index < -0.39 is 0 Å². The monoisotopic (exact) mass is 343 g/mol. The Labute approximate surface area is 148 Å². The first kappa shape index (κ1) is 17.4. The Balaban J connectivity index is 1.50. The van der Waals surface area contributed by atoms with Gasteiger partial charge >= 0.3 is 6.03 Å². The maximum absolute atomic E-state index is 12.4. The third-order valence-corrected chi connectivity index (χ3v) is 4.43. The number of anilines is 1. The molecule has 0 radical (unpaired) electrons. The lowest BCUT2D eigenvalue weighted by Crippen LogP contribution is -2.38. The number of hydrogen-bond acceptors (Lipinski definition) is 4. The molecule has 2 aromatic heterocycles. The third-order valence-electron chi connectivity index (χ3n) is 4.43. The van der Waals surface area contributed by atoms with E-state index in [1.165, 1.54) is 5.56 Å². The molecule has 0 aromatic carbocycles. The van der Waals surface area contributed by atoms with Crippen molar-refractivity contribution in [3.8, 4) is 0 Å². The number of hydrogen-bond donors (Lipinski definition) is 1. The Morgan fingerprint density at radius 3 is 2.96 bits per heavy atom. The summed E-state index contributed by atoms with van der Waals surface area (Å²) in [6.45, 7) is 5.69. The van der Waals surface area contributed by atoms with Crippen LogP contribution in [0.5, 0.6) is 0 Å². The van der Waals surface area contributed by atoms with E-state index in [-0.39, 0.29) is 6.03 Å². The van der Waals surface area contributed by atoms with Crippen LogP contribution < -0.4 is 5.32 Å². The predicted molar refractivity (Wildman–Crippen MR) is 95.4 cm³/mol. The minimum absolute atomic E-state index is 0.103. The fraction of sp³-hybridized carbons (Fsp3) is 0.500. The lowest BCUT2D eigenvalue weighted by molar-refractivity contribution is 0.171. The second-order valence-corrected chi connectivity index (χ2v) is 6.27. The van der Waals surface area contributed by atoms with E-state index in [1.54, 1.807) is 12.4 Å². The van der Waals surface area contributed by atoms with Crippen LogP contribution in [0.4, 0.5) is 10.6 Å². The first-order valence-corrected chi connectivity index (χ1v) is 8.80. The lowest BCUT2D eigenvalue weighted by Gasteiger charge is -2.23. The van der Waals surface area contributed by atoms with E-state index in [1.807, 2.05) is 40.9 Å². The van der Waals surface area contributed by atoms with Crippen molar-refractivity contribution in [2.24, 2.45) is 5.92 Å². The lowest BCUT2D eigenvalue weighted by atomic mass is 10.1. The number of nitrogens with zero attached hydrogens (tertiary/aromatic N) is 4. The summed E-state index contributed by atoms with van der Waals surface area (Å²) >= 11 is 0. The van der Waals surface area contributed by atoms with Crippen molar-refractivity contribution in [1.82, 2.24) is 19.7 Å². The van der Waals surface area contributed by atoms with Crippen LogP contribution in [-0.4, -0.2) is 52.0 Å². The summed E-state index contributed by atoms with van der Waals surface area (Å²) < 4.78 is 7.23. The van der Waals surface area contributed by atoms with Gasteiger partial charge < -0.3 is 9.64 Å². The molecule has 1 N–H and O–H groups in total. The highest BCUT2D eigenvalue weighted by Crippen LogP contribution is 2.15. The van der Waals surface area contributed by atoms with Crippen LogP contribution in [-0.2, 0) is 17.7 Å². The minimum Gasteiger partial charge on any atom is -0.381 e. The fourth-order valence-corrected chi connectivity index (χ4v) is 2.93. The van der Waals surface area contributed by atoms with Crippen molar-refractivity contribution in [3.05, 3.63) is 42.4 Å². The topological polar surface area (TPSA) is 72.3 Å². The van der Waals surface area contributed by atoms with Crippen molar-refractivity contribution in [1.29, 1.82) is 0 Å². The molecule has 134 valence electrons. The normalized spacial score (nSPS) is 16.8. The smallest absolute Gasteiger partial charge is 0.323 e. The van der Waals surface area contributed by atoms with Gasteiger partial charge in [-0.25, -0.2) is 4.79 Å². The number of carbonyl (C=O) groups is 1. The van der Waals surface area contributed by atoms with Gasteiger partial charge in [0.05, 0.1) is 6.61 Å². The maximum Gasteiger partial charge on any atom is 0.323 e. The van der Waals surface area contributed by atoms with E-state index in [2.05, 4.69) is 15.4 Å². The summed E-state index contributed by atoms with van der Waals surface area (Å²) in [4.78, 5) is 18.3. The number of carbonyl (C=O) groups excluding carboxylic acids is 1. The number of pyridine rings is 1. The minimum atomic E-state index is -0.103. The average molecular weight is 343 g/mol. The van der Waals surface area contributed by atoms with Gasteiger partial charge in [0.25, 0.3) is 0 Å². The Morgan fingerprint density at radius 1 is 1.40 bits per heavy atom. The van der Waals surface area contributed by atoms with Gasteiger partial charge in [0.2, 0.25) is 0 Å². The molecule has 2 amide bonds. The number of rotatable bonds is 7. The van der Waals surface area contributed by atoms with Crippen LogP contribution in [0.1, 0.15) is 18.9 Å². The summed E-state index contributed by atoms with van der Waals surface area (Å²) in [5.74, 6) is 1.02. The molecule has 3 heterocycles. The zero-order valence-electron chi connectivity index (χ0n) is 14.6. The van der Waals surface area contributed by atoms with E-state index in [9.17, 15) is 4.79 Å². The first-order valence-electron chi connectivity index (χ1n) is 8.80. The summed E-state index contributed by atoms with van der Waals surface area (Å²) in [5.41, 5.74) is 1.21. The largest absolute Gasteiger partial charge is 0.381 e. The summed E-state index contributed by atoms with van der Waals surface area (Å²) in [6.07, 6.45) is 7.36. The Hall–Kier alpha value is -2.41. The zero-order chi connectivity index (χ0) is 17.5. The van der Waals surface area contributed by atoms with E-state index in [4.69, 9.17) is 4.74 Å². The van der Waals surface area contributed by atoms with Crippen LogP contribution in [0.2, 0.25) is 0 Å². The average Bonchev–Trinajstić information content (AvgIpc) is 3.30. The van der Waals surface area contributed by atoms with E-state index >= 15 is 0 Å². The molecule has 1 atom stereocenters. The molecule has 2 aromatic rings. The van der Waals surface area contributed by atoms with Crippen molar-refractivity contribution in [2.75, 3.05) is 31.6 Å². The molecule has 1 aliphatic rings. The van der Waals surface area contributed by atoms with Gasteiger partial charge in [-0.2, -0.15) is 5.10 Å². The molecule has 7 nitrogen and oxygen atoms in total. The van der Waals surface area contributed by atoms with Crippen LogP contribution in [0, 0.1) is 5.92 Å². The van der Waals surface area contributed by atoms with E-state index in [0.717, 1.165) is 39.1 Å². The molecule has 25 heavy (non-hydrogen) atoms. The van der Waals surface area contributed by atoms with Crippen molar-refractivity contribution in [3.63, 3.8) is 0 Å². The molecule has 3 rings (SSSR count). The molecule has 0 saturated carbocycles. The molecule has 7 heteroatoms. The molecular weight excluding hydrogens is 318 g/mol. The standard InChI is InChI=1S/C18H25N5O2/c1-2-22(13-16-7-12-25-14-16)18(24)20-17-6-11-23(21-17)10-5-15-3-8-19-9-4-15/h3-4,6,8-9,11,16H,2,5,7,10,12-14H2,1H3,(H,20,21,24)/t16-/m1/s1. The molecule has 0 unspecified atom stereocenters. The molecular formula is C18H25N5O2. The van der Waals surface area contributed by atoms with E-state index in [0.29, 0.717) is 18.3 Å². The predicted octanol–water partition coefficient (Wildman–Crippen LogP) is 2.41. The number of nitrogens with one attached hydrogen (secondary N) is 1. The van der Waals surface area contributed by atoms with Gasteiger partial charge in [0.1, 0.15) is 0 Å². The van der Waals surface area contributed by atoms with Gasteiger partial charge in [-0.1, -0.05) is 0 Å². The molecule has 0 aliphatic carbocycles. The van der Waals surface area contributed by atoms with Gasteiger partial charge in [0, 0.05) is 56.8 Å². The van der Waals surface area contributed by atoms with Crippen LogP contribution in [0.15, 0.2) is 36.8 Å². The molecule has 1 saturated heterocycles. The quantitative estimate of drug-likeness (QED) is 0.838. The number of urea groups is 1. The summed E-state index contributed by atoms with van der Waals surface area (Å²) in [7, 11) is 0. The van der Waals surface area contributed by atoms with Gasteiger partial charge in [-0.3, -0.25) is 15.0 Å². The SMILES string of the molecule is CCN(C[C@H]1CCOC1)C(=O)Nc1ccn(CCc2ccncc2)n1. The fourth-order valence-electron chi connectivity index (χ4n) is 2.93. The molecule has 1 fully saturated rings. The zero-order valence-corrected chi connectivity index (χ0v) is 14.6. The van der Waals surface area contributed by atoms with Gasteiger partial charge in [-0.05, 0) is 37.5 Å². The third kappa shape index (κ3) is 5.03. The Kier molecular flexibility index (Phi) is 6.00. The second-order valence-electron chi connectivity index (χ2n) is 6.27. The number of amides is 2. The van der Waals surface area contributed by atoms with Crippen LogP contribution in [0.3, 0.4) is 0 Å². The van der Waals surface area contributed by atoms with Crippen molar-refractivity contribution in [2.45, 2.75) is 26.3 Å². The van der Waals surface area contributed by atoms with Crippen molar-refractivity contribution < 1.29 is 9.53 Å². The Bertz CT molecular complexity index is 667. The summed E-state index contributed by atoms with van der Waals surface area (Å²) in [5, 5.41) is 7.32. The highest BCUT2D eigenvalue weighted by Gasteiger charge is 2.21. The number of ether oxygens (including phenoxy) is 1. The molecule has 1 aliphatic heterocycles. The highest BCUT2D eigenvalue weighted by molar-refractivity contribution is 5.88. The van der Waals surface area contributed by atoms with Crippen molar-refractivity contribution >= 4 is 11.8 Å². The number of aryl methyl sites for hydroxylation is 2. The highest BCUT2D eigenvalue weighted by atomic mass is 16.5. The number of aromatic nitrogens is 3. The summed E-state index contributed by atoms with van der Waals surface area (Å²) in [6, 6.07) is 5.72. The van der Waals surface area contributed by atoms with Crippen LogP contribution in [0.25, 0.3) is 0 Å². The first-order chi connectivity index (χ1) is 12.2. The maximum atomic E-state index is 12.4. The Morgan fingerprint density at radius 2 is 2.24 bits per heavy atom. The second kappa shape index (κ2) is 8.62.